The minimum Gasteiger partial charge on any atom is -0.388 e. The van der Waals surface area contributed by atoms with Crippen LogP contribution in [-0.2, 0) is 0 Å². The third-order valence-electron chi connectivity index (χ3n) is 3.13. The summed E-state index contributed by atoms with van der Waals surface area (Å²) in [5.41, 5.74) is 0.437. The Morgan fingerprint density at radius 1 is 1.37 bits per heavy atom. The summed E-state index contributed by atoms with van der Waals surface area (Å²) in [6.07, 6.45) is -2.01. The summed E-state index contributed by atoms with van der Waals surface area (Å²) in [5, 5.41) is 29.8. The monoisotopic (exact) mass is 266 g/mol. The van der Waals surface area contributed by atoms with Crippen LogP contribution in [0.3, 0.4) is 0 Å². The average Bonchev–Trinajstić information content (AvgIpc) is 2.68. The second kappa shape index (κ2) is 4.94. The van der Waals surface area contributed by atoms with Gasteiger partial charge in [0.05, 0.1) is 17.1 Å². The third kappa shape index (κ3) is 2.56. The zero-order chi connectivity index (χ0) is 14.2. The second-order valence-corrected chi connectivity index (χ2v) is 4.62. The van der Waals surface area contributed by atoms with E-state index >= 15 is 0 Å². The predicted molar refractivity (Wildman–Crippen MR) is 65.8 cm³/mol. The number of carbonyl (C=O) groups is 1. The molecule has 1 saturated heterocycles. The zero-order valence-electron chi connectivity index (χ0n) is 10.3. The van der Waals surface area contributed by atoms with E-state index in [1.807, 2.05) is 0 Å². The molecule has 1 aromatic carbocycles. The summed E-state index contributed by atoms with van der Waals surface area (Å²) in [5.74, 6) is -0.550. The molecule has 2 atom stereocenters. The number of amides is 1. The van der Waals surface area contributed by atoms with Crippen molar-refractivity contribution in [3.8, 4) is 0 Å². The molecule has 1 aliphatic heterocycles. The number of likely N-dealkylation sites (tertiary alicyclic amines) is 1. The number of nitro groups is 1. The number of aryl methyl sites for hydroxylation is 1. The lowest BCUT2D eigenvalue weighted by Crippen LogP contribution is -2.30. The van der Waals surface area contributed by atoms with E-state index in [0.29, 0.717) is 0 Å². The fourth-order valence-electron chi connectivity index (χ4n) is 2.09. The molecular weight excluding hydrogens is 252 g/mol. The number of nitro benzene ring substituents is 1. The molecule has 1 aliphatic rings. The van der Waals surface area contributed by atoms with Crippen molar-refractivity contribution in [1.29, 1.82) is 0 Å². The molecule has 2 N–H and O–H groups in total. The molecule has 102 valence electrons. The van der Waals surface area contributed by atoms with Gasteiger partial charge in [0.15, 0.2) is 0 Å². The van der Waals surface area contributed by atoms with Crippen molar-refractivity contribution in [3.05, 3.63) is 39.4 Å². The van der Waals surface area contributed by atoms with Crippen LogP contribution >= 0.6 is 0 Å². The Morgan fingerprint density at radius 2 is 1.95 bits per heavy atom. The van der Waals surface area contributed by atoms with Gasteiger partial charge in [-0.05, 0) is 18.6 Å². The van der Waals surface area contributed by atoms with Gasteiger partial charge in [-0.2, -0.15) is 0 Å². The van der Waals surface area contributed by atoms with Gasteiger partial charge >= 0.3 is 0 Å². The van der Waals surface area contributed by atoms with Crippen molar-refractivity contribution >= 4 is 11.6 Å². The third-order valence-corrected chi connectivity index (χ3v) is 3.13. The topological polar surface area (TPSA) is 104 Å². The number of rotatable bonds is 2. The minimum absolute atomic E-state index is 0.0219. The van der Waals surface area contributed by atoms with Crippen LogP contribution < -0.4 is 0 Å². The summed E-state index contributed by atoms with van der Waals surface area (Å²) in [6.45, 7) is 1.68. The van der Waals surface area contributed by atoms with Crippen molar-refractivity contribution < 1.29 is 19.9 Å². The number of nitrogens with zero attached hydrogens (tertiary/aromatic N) is 2. The summed E-state index contributed by atoms with van der Waals surface area (Å²) in [6, 6.07) is 4.28. The predicted octanol–water partition coefficient (Wildman–Crippen LogP) is 0.0808. The Bertz CT molecular complexity index is 521. The molecule has 7 heteroatoms. The summed E-state index contributed by atoms with van der Waals surface area (Å²) in [7, 11) is 0. The molecule has 19 heavy (non-hydrogen) atoms. The van der Waals surface area contributed by atoms with Crippen molar-refractivity contribution in [2.75, 3.05) is 13.1 Å². The molecule has 0 aliphatic carbocycles. The maximum atomic E-state index is 12.2. The Kier molecular flexibility index (Phi) is 3.50. The quantitative estimate of drug-likeness (QED) is 0.582. The largest absolute Gasteiger partial charge is 0.388 e. The number of hydrogen-bond donors (Lipinski definition) is 2. The summed E-state index contributed by atoms with van der Waals surface area (Å²) < 4.78 is 0. The zero-order valence-corrected chi connectivity index (χ0v) is 10.3. The van der Waals surface area contributed by atoms with Crippen LogP contribution in [0.5, 0.6) is 0 Å². The molecule has 0 spiro atoms. The van der Waals surface area contributed by atoms with Crippen molar-refractivity contribution in [3.63, 3.8) is 0 Å². The Labute approximate surface area is 109 Å². The number of carbonyl (C=O) groups excluding carboxylic acids is 1. The van der Waals surface area contributed by atoms with E-state index in [1.54, 1.807) is 13.0 Å². The van der Waals surface area contributed by atoms with Crippen LogP contribution in [0.1, 0.15) is 15.9 Å². The first-order chi connectivity index (χ1) is 8.90. The molecule has 0 bridgehead atoms. The Morgan fingerprint density at radius 3 is 2.47 bits per heavy atom. The van der Waals surface area contributed by atoms with E-state index in [-0.39, 0.29) is 24.3 Å². The number of benzene rings is 1. The second-order valence-electron chi connectivity index (χ2n) is 4.62. The first-order valence-electron chi connectivity index (χ1n) is 5.80. The molecule has 2 rings (SSSR count). The fourth-order valence-corrected chi connectivity index (χ4v) is 2.09. The molecule has 1 heterocycles. The first-order valence-corrected chi connectivity index (χ1v) is 5.80. The molecule has 7 nitrogen and oxygen atoms in total. The van der Waals surface area contributed by atoms with E-state index in [9.17, 15) is 25.1 Å². The number of aliphatic hydroxyl groups is 2. The van der Waals surface area contributed by atoms with Gasteiger partial charge in [0.25, 0.3) is 11.6 Å². The van der Waals surface area contributed by atoms with E-state index in [4.69, 9.17) is 0 Å². The lowest BCUT2D eigenvalue weighted by Gasteiger charge is -2.15. The first kappa shape index (κ1) is 13.4. The summed E-state index contributed by atoms with van der Waals surface area (Å²) >= 11 is 0. The smallest absolute Gasteiger partial charge is 0.282 e. The van der Waals surface area contributed by atoms with Crippen LogP contribution in [0.25, 0.3) is 0 Å². The van der Waals surface area contributed by atoms with Crippen LogP contribution in [0.2, 0.25) is 0 Å². The Balaban J connectivity index is 2.33. The van der Waals surface area contributed by atoms with Gasteiger partial charge < -0.3 is 15.1 Å². The fraction of sp³-hybridized carbons (Fsp3) is 0.417. The van der Waals surface area contributed by atoms with Crippen LogP contribution in [-0.4, -0.2) is 51.2 Å². The summed E-state index contributed by atoms with van der Waals surface area (Å²) in [4.78, 5) is 23.7. The molecule has 1 fully saturated rings. The normalized spacial score (nSPS) is 22.6. The van der Waals surface area contributed by atoms with Crippen molar-refractivity contribution in [1.82, 2.24) is 4.90 Å². The maximum Gasteiger partial charge on any atom is 0.282 e. The molecule has 0 aromatic heterocycles. The molecule has 1 aromatic rings. The van der Waals surface area contributed by atoms with E-state index in [0.717, 1.165) is 5.56 Å². The van der Waals surface area contributed by atoms with Gasteiger partial charge in [-0.15, -0.1) is 0 Å². The van der Waals surface area contributed by atoms with Gasteiger partial charge in [0, 0.05) is 19.2 Å². The van der Waals surface area contributed by atoms with Gasteiger partial charge in [-0.25, -0.2) is 0 Å². The molecule has 2 unspecified atom stereocenters. The number of hydrogen-bond acceptors (Lipinski definition) is 5. The van der Waals surface area contributed by atoms with Crippen LogP contribution in [0, 0.1) is 17.0 Å². The average molecular weight is 266 g/mol. The highest BCUT2D eigenvalue weighted by molar-refractivity contribution is 5.98. The molecule has 0 saturated carbocycles. The molecule has 0 radical (unpaired) electrons. The van der Waals surface area contributed by atoms with E-state index in [1.165, 1.54) is 17.0 Å². The highest BCUT2D eigenvalue weighted by Gasteiger charge is 2.35. The van der Waals surface area contributed by atoms with E-state index < -0.39 is 23.0 Å². The minimum atomic E-state index is -1.01. The van der Waals surface area contributed by atoms with Gasteiger partial charge in [-0.1, -0.05) is 6.07 Å². The SMILES string of the molecule is Cc1ccc([N+](=O)[O-])c(C(=O)N2CC(O)C(O)C2)c1. The number of β-amino-alcohol motifs (C(OH)–C–C–N with tert-alkyl or cyclic N) is 2. The van der Waals surface area contributed by atoms with Crippen molar-refractivity contribution in [2.45, 2.75) is 19.1 Å². The van der Waals surface area contributed by atoms with Crippen LogP contribution in [0.4, 0.5) is 5.69 Å². The highest BCUT2D eigenvalue weighted by Crippen LogP contribution is 2.23. The highest BCUT2D eigenvalue weighted by atomic mass is 16.6. The van der Waals surface area contributed by atoms with Gasteiger partial charge in [-0.3, -0.25) is 14.9 Å². The standard InChI is InChI=1S/C12H14N2O5/c1-7-2-3-9(14(18)19)8(4-7)12(17)13-5-10(15)11(16)6-13/h2-4,10-11,15-16H,5-6H2,1H3. The number of aliphatic hydroxyl groups excluding tert-OH is 2. The van der Waals surface area contributed by atoms with Gasteiger partial charge in [0.2, 0.25) is 0 Å². The van der Waals surface area contributed by atoms with E-state index in [2.05, 4.69) is 0 Å². The lowest BCUT2D eigenvalue weighted by atomic mass is 10.1. The van der Waals surface area contributed by atoms with Crippen LogP contribution in [0.15, 0.2) is 18.2 Å². The molecular formula is C12H14N2O5. The molecule has 1 amide bonds. The lowest BCUT2D eigenvalue weighted by molar-refractivity contribution is -0.385. The Hall–Kier alpha value is -1.99. The maximum absolute atomic E-state index is 12.2. The van der Waals surface area contributed by atoms with Gasteiger partial charge in [0.1, 0.15) is 5.56 Å². The van der Waals surface area contributed by atoms with Crippen molar-refractivity contribution in [2.24, 2.45) is 0 Å².